The number of amides is 1. The van der Waals surface area contributed by atoms with Gasteiger partial charge in [0, 0.05) is 11.5 Å². The third-order valence-corrected chi connectivity index (χ3v) is 3.50. The molecule has 0 aliphatic heterocycles. The van der Waals surface area contributed by atoms with Crippen LogP contribution >= 0.6 is 11.6 Å². The Balaban J connectivity index is 2.64. The zero-order chi connectivity index (χ0) is 14.5. The molecule has 0 aromatic heterocycles. The van der Waals surface area contributed by atoms with Gasteiger partial charge in [-0.3, -0.25) is 4.79 Å². The number of hydrogen-bond donors (Lipinski definition) is 1. The molecule has 1 atom stereocenters. The van der Waals surface area contributed by atoms with Gasteiger partial charge in [0.1, 0.15) is 0 Å². The topological polar surface area (TPSA) is 55.4 Å². The van der Waals surface area contributed by atoms with E-state index in [1.54, 1.807) is 0 Å². The van der Waals surface area contributed by atoms with Gasteiger partial charge in [0.05, 0.1) is 5.88 Å². The molecule has 19 heavy (non-hydrogen) atoms. The fourth-order valence-electron chi connectivity index (χ4n) is 2.39. The molecule has 0 bridgehead atoms. The van der Waals surface area contributed by atoms with E-state index in [0.29, 0.717) is 0 Å². The zero-order valence-electron chi connectivity index (χ0n) is 12.0. The molecule has 1 fully saturated rings. The largest absolute Gasteiger partial charge is 0.438 e. The molecular formula is C14H24ClNO3. The highest BCUT2D eigenvalue weighted by atomic mass is 35.5. The Morgan fingerprint density at radius 2 is 1.84 bits per heavy atom. The predicted octanol–water partition coefficient (Wildman–Crippen LogP) is 3.27. The van der Waals surface area contributed by atoms with E-state index in [1.807, 2.05) is 20.8 Å². The molecule has 0 aromatic rings. The quantitative estimate of drug-likeness (QED) is 0.808. The second kappa shape index (κ2) is 7.13. The second-order valence-electron chi connectivity index (χ2n) is 6.20. The van der Waals surface area contributed by atoms with Gasteiger partial charge >= 0.3 is 6.09 Å². The number of Topliss-reactive ketones (excluding diaryl/α,β-unsaturated/α-hetero) is 1. The summed E-state index contributed by atoms with van der Waals surface area (Å²) in [6.45, 7) is 5.60. The molecule has 5 heteroatoms. The van der Waals surface area contributed by atoms with Crippen LogP contribution in [0.5, 0.6) is 0 Å². The fraction of sp³-hybridized carbons (Fsp3) is 0.857. The number of alkyl halides is 1. The number of carbonyl (C=O) groups is 2. The third-order valence-electron chi connectivity index (χ3n) is 3.24. The van der Waals surface area contributed by atoms with Crippen molar-refractivity contribution in [2.75, 3.05) is 5.88 Å². The molecule has 1 rings (SSSR count). The van der Waals surface area contributed by atoms with Gasteiger partial charge < -0.3 is 10.1 Å². The average Bonchev–Trinajstić information content (AvgIpc) is 2.34. The number of rotatable bonds is 4. The van der Waals surface area contributed by atoms with Gasteiger partial charge in [0.25, 0.3) is 0 Å². The molecule has 1 N–H and O–H groups in total. The van der Waals surface area contributed by atoms with Gasteiger partial charge in [-0.05, 0) is 33.6 Å². The summed E-state index contributed by atoms with van der Waals surface area (Å²) in [7, 11) is 0. The van der Waals surface area contributed by atoms with Crippen molar-refractivity contribution in [2.24, 2.45) is 5.92 Å². The van der Waals surface area contributed by atoms with Crippen LogP contribution in [0.25, 0.3) is 0 Å². The van der Waals surface area contributed by atoms with E-state index in [0.717, 1.165) is 25.7 Å². The molecule has 0 saturated heterocycles. The molecule has 0 aromatic carbocycles. The van der Waals surface area contributed by atoms with E-state index in [1.165, 1.54) is 6.42 Å². The summed E-state index contributed by atoms with van der Waals surface area (Å²) < 4.78 is 5.33. The molecule has 1 saturated carbocycles. The van der Waals surface area contributed by atoms with Crippen LogP contribution in [0.2, 0.25) is 0 Å². The zero-order valence-corrected chi connectivity index (χ0v) is 12.8. The molecule has 1 aliphatic carbocycles. The van der Waals surface area contributed by atoms with Crippen molar-refractivity contribution < 1.29 is 14.3 Å². The van der Waals surface area contributed by atoms with E-state index >= 15 is 0 Å². The standard InChI is InChI=1S/C14H24ClNO3/c1-14(2,3)16-13(18)19-12(11(17)9-15)10-7-5-4-6-8-10/h10,12H,4-9H2,1-3H3,(H,16,18)/t12-/m0/s1. The number of hydrogen-bond acceptors (Lipinski definition) is 3. The summed E-state index contributed by atoms with van der Waals surface area (Å²) in [5.74, 6) is -0.187. The maximum atomic E-state index is 11.9. The summed E-state index contributed by atoms with van der Waals surface area (Å²) >= 11 is 5.62. The van der Waals surface area contributed by atoms with Crippen LogP contribution in [0, 0.1) is 5.92 Å². The van der Waals surface area contributed by atoms with Crippen LogP contribution in [0.15, 0.2) is 0 Å². The van der Waals surface area contributed by atoms with Gasteiger partial charge in [-0.2, -0.15) is 0 Å². The smallest absolute Gasteiger partial charge is 0.408 e. The normalized spacial score (nSPS) is 18.7. The lowest BCUT2D eigenvalue weighted by molar-refractivity contribution is -0.128. The Morgan fingerprint density at radius 3 is 2.32 bits per heavy atom. The van der Waals surface area contributed by atoms with E-state index < -0.39 is 12.2 Å². The minimum atomic E-state index is -0.694. The highest BCUT2D eigenvalue weighted by Gasteiger charge is 2.32. The number of ketones is 1. The van der Waals surface area contributed by atoms with Crippen molar-refractivity contribution in [1.82, 2.24) is 5.32 Å². The molecule has 1 aliphatic rings. The maximum Gasteiger partial charge on any atom is 0.408 e. The number of ether oxygens (including phenoxy) is 1. The first-order chi connectivity index (χ1) is 8.83. The summed E-state index contributed by atoms with van der Waals surface area (Å²) in [5.41, 5.74) is -0.377. The van der Waals surface area contributed by atoms with Crippen LogP contribution in [0.4, 0.5) is 4.79 Å². The van der Waals surface area contributed by atoms with Gasteiger partial charge in [0.15, 0.2) is 11.9 Å². The minimum Gasteiger partial charge on any atom is -0.438 e. The third kappa shape index (κ3) is 5.81. The van der Waals surface area contributed by atoms with Crippen molar-refractivity contribution in [3.8, 4) is 0 Å². The number of nitrogens with one attached hydrogen (secondary N) is 1. The molecule has 0 spiro atoms. The molecule has 1 amide bonds. The van der Waals surface area contributed by atoms with Crippen LogP contribution in [-0.4, -0.2) is 29.4 Å². The molecule has 4 nitrogen and oxygen atoms in total. The molecule has 0 unspecified atom stereocenters. The van der Waals surface area contributed by atoms with Crippen molar-refractivity contribution in [2.45, 2.75) is 64.5 Å². The Bertz CT molecular complexity index is 319. The van der Waals surface area contributed by atoms with E-state index in [2.05, 4.69) is 5.32 Å². The summed E-state index contributed by atoms with van der Waals surface area (Å²) in [5, 5.41) is 2.71. The van der Waals surface area contributed by atoms with E-state index in [9.17, 15) is 9.59 Å². The highest BCUT2D eigenvalue weighted by Crippen LogP contribution is 2.28. The first-order valence-electron chi connectivity index (χ1n) is 6.91. The van der Waals surface area contributed by atoms with Crippen LogP contribution in [0.1, 0.15) is 52.9 Å². The lowest BCUT2D eigenvalue weighted by Gasteiger charge is -2.30. The van der Waals surface area contributed by atoms with Crippen LogP contribution in [0.3, 0.4) is 0 Å². The Morgan fingerprint density at radius 1 is 1.26 bits per heavy atom. The first-order valence-corrected chi connectivity index (χ1v) is 7.44. The minimum absolute atomic E-state index is 0.107. The monoisotopic (exact) mass is 289 g/mol. The second-order valence-corrected chi connectivity index (χ2v) is 6.47. The van der Waals surface area contributed by atoms with E-state index in [-0.39, 0.29) is 23.1 Å². The van der Waals surface area contributed by atoms with Crippen molar-refractivity contribution in [3.05, 3.63) is 0 Å². The average molecular weight is 290 g/mol. The van der Waals surface area contributed by atoms with Crippen LogP contribution < -0.4 is 5.32 Å². The van der Waals surface area contributed by atoms with Crippen molar-refractivity contribution in [1.29, 1.82) is 0 Å². The lowest BCUT2D eigenvalue weighted by atomic mass is 9.84. The summed E-state index contributed by atoms with van der Waals surface area (Å²) in [6.07, 6.45) is 3.97. The Kier molecular flexibility index (Phi) is 6.11. The molecule has 0 radical (unpaired) electrons. The summed E-state index contributed by atoms with van der Waals surface area (Å²) in [6, 6.07) is 0. The van der Waals surface area contributed by atoms with Gasteiger partial charge in [-0.15, -0.1) is 11.6 Å². The van der Waals surface area contributed by atoms with Gasteiger partial charge in [-0.1, -0.05) is 19.3 Å². The number of carbonyl (C=O) groups excluding carboxylic acids is 2. The lowest BCUT2D eigenvalue weighted by Crippen LogP contribution is -2.45. The van der Waals surface area contributed by atoms with E-state index in [4.69, 9.17) is 16.3 Å². The predicted molar refractivity (Wildman–Crippen MR) is 75.5 cm³/mol. The van der Waals surface area contributed by atoms with Gasteiger partial charge in [-0.25, -0.2) is 4.79 Å². The first kappa shape index (κ1) is 16.3. The van der Waals surface area contributed by atoms with Crippen LogP contribution in [-0.2, 0) is 9.53 Å². The van der Waals surface area contributed by atoms with Crippen molar-refractivity contribution in [3.63, 3.8) is 0 Å². The SMILES string of the molecule is CC(C)(C)NC(=O)O[C@H](C(=O)CCl)C1CCCCC1. The maximum absolute atomic E-state index is 11.9. The molecular weight excluding hydrogens is 266 g/mol. The molecule has 110 valence electrons. The Hall–Kier alpha value is -0.770. The number of halogens is 1. The fourth-order valence-corrected chi connectivity index (χ4v) is 2.54. The molecule has 0 heterocycles. The highest BCUT2D eigenvalue weighted by molar-refractivity contribution is 6.28. The Labute approximate surface area is 120 Å². The van der Waals surface area contributed by atoms with Crippen molar-refractivity contribution >= 4 is 23.5 Å². The number of alkyl carbamates (subject to hydrolysis) is 1. The van der Waals surface area contributed by atoms with Gasteiger partial charge in [0.2, 0.25) is 0 Å². The summed E-state index contributed by atoms with van der Waals surface area (Å²) in [4.78, 5) is 23.7.